The number of hydrazone groups is 1. The fourth-order valence-corrected chi connectivity index (χ4v) is 3.49. The molecule has 3 aromatic rings. The largest absolute Gasteiger partial charge is 0.494 e. The molecular formula is C28H25N3O3. The van der Waals surface area contributed by atoms with E-state index in [4.69, 9.17) is 4.74 Å². The fraction of sp³-hybridized carbons (Fsp3) is 0.143. The summed E-state index contributed by atoms with van der Waals surface area (Å²) in [5.41, 5.74) is 3.55. The van der Waals surface area contributed by atoms with Crippen molar-refractivity contribution < 1.29 is 14.3 Å². The SMILES string of the molecule is CCOc1ccc(/C=C/C(=O)c2ccc(N=CC3C(=O)N(c4ccccc4)N=C3C)cc2)cc1. The molecule has 6 nitrogen and oxygen atoms in total. The molecular weight excluding hydrogens is 426 g/mol. The highest BCUT2D eigenvalue weighted by molar-refractivity contribution is 6.23. The number of amides is 1. The number of rotatable bonds is 8. The zero-order chi connectivity index (χ0) is 23.9. The average molecular weight is 452 g/mol. The van der Waals surface area contributed by atoms with E-state index < -0.39 is 5.92 Å². The van der Waals surface area contributed by atoms with Crippen LogP contribution in [0.4, 0.5) is 11.4 Å². The lowest BCUT2D eigenvalue weighted by molar-refractivity contribution is -0.118. The van der Waals surface area contributed by atoms with Gasteiger partial charge in [-0.3, -0.25) is 14.6 Å². The van der Waals surface area contributed by atoms with E-state index in [9.17, 15) is 9.59 Å². The number of hydrogen-bond acceptors (Lipinski definition) is 5. The van der Waals surface area contributed by atoms with Crippen LogP contribution < -0.4 is 9.75 Å². The molecule has 0 aromatic heterocycles. The number of nitrogens with zero attached hydrogens (tertiary/aromatic N) is 3. The second kappa shape index (κ2) is 10.5. The summed E-state index contributed by atoms with van der Waals surface area (Å²) in [4.78, 5) is 29.7. The van der Waals surface area contributed by atoms with E-state index in [0.717, 1.165) is 17.0 Å². The van der Waals surface area contributed by atoms with Gasteiger partial charge in [0, 0.05) is 11.8 Å². The van der Waals surface area contributed by atoms with Gasteiger partial charge in [-0.1, -0.05) is 36.4 Å². The van der Waals surface area contributed by atoms with Crippen LogP contribution in [0, 0.1) is 5.92 Å². The molecule has 0 saturated heterocycles. The molecule has 4 rings (SSSR count). The predicted octanol–water partition coefficient (Wildman–Crippen LogP) is 5.72. The Balaban J connectivity index is 1.38. The quantitative estimate of drug-likeness (QED) is 0.250. The van der Waals surface area contributed by atoms with Crippen molar-refractivity contribution in [1.82, 2.24) is 0 Å². The van der Waals surface area contributed by atoms with Crippen LogP contribution in [-0.4, -0.2) is 30.2 Å². The minimum Gasteiger partial charge on any atom is -0.494 e. The van der Waals surface area contributed by atoms with Gasteiger partial charge in [-0.25, -0.2) is 0 Å². The van der Waals surface area contributed by atoms with Crippen LogP contribution in [0.1, 0.15) is 29.8 Å². The molecule has 0 spiro atoms. The Hall–Kier alpha value is -4.32. The van der Waals surface area contributed by atoms with Gasteiger partial charge < -0.3 is 4.74 Å². The van der Waals surface area contributed by atoms with Gasteiger partial charge in [0.25, 0.3) is 5.91 Å². The normalized spacial score (nSPS) is 15.8. The van der Waals surface area contributed by atoms with Gasteiger partial charge in [0.2, 0.25) is 0 Å². The number of aliphatic imine (C=N–C) groups is 1. The number of ether oxygens (including phenoxy) is 1. The van der Waals surface area contributed by atoms with Gasteiger partial charge >= 0.3 is 0 Å². The molecule has 0 fully saturated rings. The number of para-hydroxylation sites is 1. The van der Waals surface area contributed by atoms with E-state index in [1.165, 1.54) is 5.01 Å². The number of hydrogen-bond donors (Lipinski definition) is 0. The van der Waals surface area contributed by atoms with E-state index in [1.54, 1.807) is 42.6 Å². The molecule has 1 atom stereocenters. The van der Waals surface area contributed by atoms with Crippen molar-refractivity contribution in [2.45, 2.75) is 13.8 Å². The third-order valence-corrected chi connectivity index (χ3v) is 5.33. The maximum atomic E-state index is 12.8. The first-order valence-electron chi connectivity index (χ1n) is 11.1. The lowest BCUT2D eigenvalue weighted by atomic mass is 10.1. The maximum Gasteiger partial charge on any atom is 0.261 e. The summed E-state index contributed by atoms with van der Waals surface area (Å²) in [5, 5.41) is 5.79. The smallest absolute Gasteiger partial charge is 0.261 e. The number of benzene rings is 3. The Kier molecular flexibility index (Phi) is 7.08. The van der Waals surface area contributed by atoms with E-state index in [0.29, 0.717) is 23.6 Å². The minimum atomic E-state index is -0.515. The zero-order valence-electron chi connectivity index (χ0n) is 19.1. The molecule has 1 aliphatic rings. The van der Waals surface area contributed by atoms with Crippen molar-refractivity contribution in [2.75, 3.05) is 11.6 Å². The Morgan fingerprint density at radius 1 is 1.03 bits per heavy atom. The number of anilines is 1. The topological polar surface area (TPSA) is 71.3 Å². The second-order valence-corrected chi connectivity index (χ2v) is 7.73. The van der Waals surface area contributed by atoms with E-state index >= 15 is 0 Å². The standard InChI is InChI=1S/C28H25N3O3/c1-3-34-25-16-9-21(10-17-25)11-18-27(32)22-12-14-23(15-13-22)29-19-26-20(2)30-31(28(26)33)24-7-5-4-6-8-24/h4-19,26H,3H2,1-2H3/b18-11+,29-19?. The summed E-state index contributed by atoms with van der Waals surface area (Å²) in [6, 6.07) is 23.8. The Morgan fingerprint density at radius 3 is 2.41 bits per heavy atom. The van der Waals surface area contributed by atoms with Crippen LogP contribution in [0.15, 0.2) is 95.0 Å². The molecule has 1 amide bonds. The molecule has 0 saturated carbocycles. The molecule has 0 aliphatic carbocycles. The molecule has 0 radical (unpaired) electrons. The Bertz CT molecular complexity index is 1240. The highest BCUT2D eigenvalue weighted by Gasteiger charge is 2.33. The molecule has 3 aromatic carbocycles. The van der Waals surface area contributed by atoms with Crippen LogP contribution in [-0.2, 0) is 4.79 Å². The van der Waals surface area contributed by atoms with Gasteiger partial charge in [0.15, 0.2) is 5.78 Å². The van der Waals surface area contributed by atoms with Crippen molar-refractivity contribution in [1.29, 1.82) is 0 Å². The van der Waals surface area contributed by atoms with Crippen molar-refractivity contribution in [3.63, 3.8) is 0 Å². The van der Waals surface area contributed by atoms with Crippen LogP contribution in [0.5, 0.6) is 5.75 Å². The molecule has 0 N–H and O–H groups in total. The van der Waals surface area contributed by atoms with Crippen molar-refractivity contribution in [2.24, 2.45) is 16.0 Å². The van der Waals surface area contributed by atoms with Gasteiger partial charge in [-0.15, -0.1) is 0 Å². The van der Waals surface area contributed by atoms with Crippen LogP contribution in [0.2, 0.25) is 0 Å². The third-order valence-electron chi connectivity index (χ3n) is 5.33. The summed E-state index contributed by atoms with van der Waals surface area (Å²) in [7, 11) is 0. The van der Waals surface area contributed by atoms with Gasteiger partial charge in [0.1, 0.15) is 11.7 Å². The Morgan fingerprint density at radius 2 is 1.74 bits per heavy atom. The van der Waals surface area contributed by atoms with E-state index in [1.807, 2.05) is 68.4 Å². The highest BCUT2D eigenvalue weighted by atomic mass is 16.5. The molecule has 6 heteroatoms. The molecule has 170 valence electrons. The van der Waals surface area contributed by atoms with Crippen LogP contribution in [0.25, 0.3) is 6.08 Å². The zero-order valence-corrected chi connectivity index (χ0v) is 19.1. The lowest BCUT2D eigenvalue weighted by Crippen LogP contribution is -2.27. The van der Waals surface area contributed by atoms with Crippen LogP contribution >= 0.6 is 0 Å². The van der Waals surface area contributed by atoms with E-state index in [2.05, 4.69) is 10.1 Å². The van der Waals surface area contributed by atoms with Gasteiger partial charge in [0.05, 0.1) is 23.7 Å². The van der Waals surface area contributed by atoms with Crippen molar-refractivity contribution in [3.8, 4) is 5.75 Å². The van der Waals surface area contributed by atoms with Crippen molar-refractivity contribution in [3.05, 3.63) is 96.1 Å². The third kappa shape index (κ3) is 5.35. The first kappa shape index (κ1) is 22.9. The predicted molar refractivity (Wildman–Crippen MR) is 136 cm³/mol. The summed E-state index contributed by atoms with van der Waals surface area (Å²) in [5.74, 6) is 0.0461. The summed E-state index contributed by atoms with van der Waals surface area (Å²) >= 11 is 0. The summed E-state index contributed by atoms with van der Waals surface area (Å²) in [6.07, 6.45) is 4.92. The summed E-state index contributed by atoms with van der Waals surface area (Å²) in [6.45, 7) is 4.37. The highest BCUT2D eigenvalue weighted by Crippen LogP contribution is 2.23. The van der Waals surface area contributed by atoms with Crippen LogP contribution in [0.3, 0.4) is 0 Å². The molecule has 1 unspecified atom stereocenters. The molecule has 34 heavy (non-hydrogen) atoms. The first-order chi connectivity index (χ1) is 16.5. The average Bonchev–Trinajstić information content (AvgIpc) is 3.16. The van der Waals surface area contributed by atoms with E-state index in [-0.39, 0.29) is 11.7 Å². The number of allylic oxidation sites excluding steroid dienone is 1. The molecule has 1 heterocycles. The lowest BCUT2D eigenvalue weighted by Gasteiger charge is -2.12. The molecule has 1 aliphatic heterocycles. The number of ketones is 1. The van der Waals surface area contributed by atoms with Gasteiger partial charge in [-0.2, -0.15) is 10.1 Å². The van der Waals surface area contributed by atoms with Gasteiger partial charge in [-0.05, 0) is 74.0 Å². The fourth-order valence-electron chi connectivity index (χ4n) is 3.49. The molecule has 0 bridgehead atoms. The maximum absolute atomic E-state index is 12.8. The summed E-state index contributed by atoms with van der Waals surface area (Å²) < 4.78 is 5.43. The van der Waals surface area contributed by atoms with Crippen molar-refractivity contribution >= 4 is 41.1 Å². The monoisotopic (exact) mass is 451 g/mol. The number of carbonyl (C=O) groups excluding carboxylic acids is 2. The Labute approximate surface area is 198 Å². The first-order valence-corrected chi connectivity index (χ1v) is 11.1. The minimum absolute atomic E-state index is 0.100. The second-order valence-electron chi connectivity index (χ2n) is 7.73. The number of carbonyl (C=O) groups is 2.